The first-order valence-electron chi connectivity index (χ1n) is 2.91. The number of hydrogen-bond acceptors (Lipinski definition) is 3. The van der Waals surface area contributed by atoms with E-state index < -0.39 is 12.0 Å². The number of halogens is 3. The van der Waals surface area contributed by atoms with Crippen molar-refractivity contribution in [1.82, 2.24) is 4.98 Å². The molecule has 0 spiro atoms. The minimum atomic E-state index is -4.58. The summed E-state index contributed by atoms with van der Waals surface area (Å²) in [7, 11) is 0. The van der Waals surface area contributed by atoms with Crippen molar-refractivity contribution in [1.29, 1.82) is 0 Å². The van der Waals surface area contributed by atoms with Crippen LogP contribution in [0.4, 0.5) is 19.0 Å². The van der Waals surface area contributed by atoms with Crippen LogP contribution in [0, 0.1) is 0 Å². The molecular weight excluding hydrogens is 173 g/mol. The Morgan fingerprint density at radius 1 is 1.42 bits per heavy atom. The van der Waals surface area contributed by atoms with Crippen LogP contribution >= 0.6 is 0 Å². The number of hydrogen-bond donors (Lipinski definition) is 2. The molecule has 0 bridgehead atoms. The first-order valence-corrected chi connectivity index (χ1v) is 2.91. The lowest BCUT2D eigenvalue weighted by atomic mass is 10.5. The quantitative estimate of drug-likeness (QED) is 0.423. The van der Waals surface area contributed by atoms with Gasteiger partial charge in [-0.25, -0.2) is 0 Å². The van der Waals surface area contributed by atoms with Crippen molar-refractivity contribution in [2.45, 2.75) is 6.18 Å². The van der Waals surface area contributed by atoms with E-state index in [2.05, 4.69) is 4.98 Å². The van der Waals surface area contributed by atoms with Gasteiger partial charge in [-0.05, 0) is 0 Å². The van der Waals surface area contributed by atoms with E-state index in [1.54, 1.807) is 0 Å². The Labute approximate surface area is 65.6 Å². The lowest BCUT2D eigenvalue weighted by Crippen LogP contribution is -2.53. The fourth-order valence-electron chi connectivity index (χ4n) is 0.659. The number of anilines is 1. The maximum atomic E-state index is 12.0. The van der Waals surface area contributed by atoms with Gasteiger partial charge in [-0.2, -0.15) is 13.2 Å². The zero-order valence-electron chi connectivity index (χ0n) is 5.84. The van der Waals surface area contributed by atoms with Crippen LogP contribution in [0.15, 0.2) is 12.3 Å². The van der Waals surface area contributed by atoms with Crippen molar-refractivity contribution < 1.29 is 17.8 Å². The van der Waals surface area contributed by atoms with Gasteiger partial charge >= 0.3 is 12.0 Å². The van der Waals surface area contributed by atoms with E-state index in [0.29, 0.717) is 4.68 Å². The molecule has 1 rings (SSSR count). The monoisotopic (exact) mass is 179 g/mol. The summed E-state index contributed by atoms with van der Waals surface area (Å²) in [6, 6.07) is 1.18. The summed E-state index contributed by atoms with van der Waals surface area (Å²) in [5, 5.41) is 0. The van der Waals surface area contributed by atoms with Gasteiger partial charge < -0.3 is 5.73 Å². The molecule has 0 aromatic carbocycles. The smallest absolute Gasteiger partial charge is 0.317 e. The van der Waals surface area contributed by atoms with Gasteiger partial charge in [0.15, 0.2) is 0 Å². The predicted octanol–water partition coefficient (Wildman–Crippen LogP) is -0.316. The number of alkyl halides is 3. The zero-order valence-corrected chi connectivity index (χ0v) is 5.84. The number of nitrogens with two attached hydrogens (primary N) is 2. The molecule has 1 heterocycles. The molecule has 0 unspecified atom stereocenters. The van der Waals surface area contributed by atoms with Gasteiger partial charge in [-0.1, -0.05) is 0 Å². The number of rotatable bonds is 0. The Morgan fingerprint density at radius 3 is 2.42 bits per heavy atom. The Morgan fingerprint density at radius 2 is 2.00 bits per heavy atom. The maximum absolute atomic E-state index is 12.0. The highest BCUT2D eigenvalue weighted by Gasteiger charge is 2.41. The number of nitrogen functional groups attached to an aromatic ring is 2. The van der Waals surface area contributed by atoms with Gasteiger partial charge in [0.05, 0.1) is 0 Å². The van der Waals surface area contributed by atoms with E-state index in [0.717, 1.165) is 6.20 Å². The molecule has 0 saturated heterocycles. The maximum Gasteiger partial charge on any atom is 0.484 e. The van der Waals surface area contributed by atoms with Crippen LogP contribution in [-0.4, -0.2) is 4.98 Å². The molecule has 0 aliphatic rings. The molecule has 66 valence electrons. The second-order valence-electron chi connectivity index (χ2n) is 2.06. The SMILES string of the molecule is Nc1ccnc(C(F)(F)F)[n+]1N. The molecule has 1 aromatic heterocycles. The average Bonchev–Trinajstić information content (AvgIpc) is 1.92. The van der Waals surface area contributed by atoms with E-state index in [4.69, 9.17) is 11.6 Å². The molecule has 0 saturated carbocycles. The van der Waals surface area contributed by atoms with Gasteiger partial charge in [-0.15, -0.1) is 9.66 Å². The molecule has 0 fully saturated rings. The fraction of sp³-hybridized carbons (Fsp3) is 0.200. The minimum absolute atomic E-state index is 0.197. The first kappa shape index (κ1) is 8.57. The Kier molecular flexibility index (Phi) is 1.79. The van der Waals surface area contributed by atoms with Crippen molar-refractivity contribution in [3.63, 3.8) is 0 Å². The molecule has 4 nitrogen and oxygen atoms in total. The fourth-order valence-corrected chi connectivity index (χ4v) is 0.659. The molecule has 4 N–H and O–H groups in total. The average molecular weight is 179 g/mol. The van der Waals surface area contributed by atoms with Crippen LogP contribution in [0.5, 0.6) is 0 Å². The summed E-state index contributed by atoms with van der Waals surface area (Å²) in [6.07, 6.45) is -3.63. The topological polar surface area (TPSA) is 68.8 Å². The highest BCUT2D eigenvalue weighted by Crippen LogP contribution is 2.24. The van der Waals surface area contributed by atoms with Crippen molar-refractivity contribution >= 4 is 5.82 Å². The largest absolute Gasteiger partial charge is 0.484 e. The summed E-state index contributed by atoms with van der Waals surface area (Å²) < 4.78 is 36.3. The molecule has 0 radical (unpaired) electrons. The van der Waals surface area contributed by atoms with Gasteiger partial charge in [0.2, 0.25) is 5.82 Å². The van der Waals surface area contributed by atoms with E-state index in [9.17, 15) is 13.2 Å². The second kappa shape index (κ2) is 2.50. The van der Waals surface area contributed by atoms with Crippen LogP contribution < -0.4 is 16.3 Å². The Hall–Kier alpha value is -1.53. The lowest BCUT2D eigenvalue weighted by Gasteiger charge is -2.04. The van der Waals surface area contributed by atoms with Gasteiger partial charge in [0, 0.05) is 6.07 Å². The van der Waals surface area contributed by atoms with Gasteiger partial charge in [-0.3, -0.25) is 5.84 Å². The summed E-state index contributed by atoms with van der Waals surface area (Å²) >= 11 is 0. The van der Waals surface area contributed by atoms with Crippen LogP contribution in [-0.2, 0) is 6.18 Å². The van der Waals surface area contributed by atoms with E-state index in [1.807, 2.05) is 0 Å². The lowest BCUT2D eigenvalue weighted by molar-refractivity contribution is -0.650. The standard InChI is InChI=1S/C5H5F3N4/c6-5(7,8)4-11-2-1-3(9)12(4)10/h1-2,9H,10H2/p+1. The highest BCUT2D eigenvalue weighted by molar-refractivity contribution is 5.17. The zero-order chi connectivity index (χ0) is 9.35. The molecule has 0 aliphatic carbocycles. The van der Waals surface area contributed by atoms with Crippen LogP contribution in [0.1, 0.15) is 5.82 Å². The highest BCUT2D eigenvalue weighted by atomic mass is 19.4. The number of aromatic nitrogens is 2. The molecule has 7 heteroatoms. The summed E-state index contributed by atoms with van der Waals surface area (Å²) in [6.45, 7) is 0. The molecule has 12 heavy (non-hydrogen) atoms. The van der Waals surface area contributed by atoms with E-state index in [-0.39, 0.29) is 5.82 Å². The van der Waals surface area contributed by atoms with Crippen LogP contribution in [0.3, 0.4) is 0 Å². The summed E-state index contributed by atoms with van der Waals surface area (Å²) in [5.74, 6) is 3.56. The Balaban J connectivity index is 3.26. The summed E-state index contributed by atoms with van der Waals surface area (Å²) in [5.41, 5.74) is 5.12. The van der Waals surface area contributed by atoms with Crippen molar-refractivity contribution in [2.24, 2.45) is 0 Å². The van der Waals surface area contributed by atoms with Crippen molar-refractivity contribution in [3.05, 3.63) is 18.1 Å². The molecule has 0 atom stereocenters. The third kappa shape index (κ3) is 1.39. The van der Waals surface area contributed by atoms with Crippen LogP contribution in [0.2, 0.25) is 0 Å². The van der Waals surface area contributed by atoms with E-state index in [1.165, 1.54) is 6.07 Å². The number of nitrogens with zero attached hydrogens (tertiary/aromatic N) is 2. The molecule has 0 aliphatic heterocycles. The van der Waals surface area contributed by atoms with E-state index >= 15 is 0 Å². The van der Waals surface area contributed by atoms with Crippen molar-refractivity contribution in [2.75, 3.05) is 11.6 Å². The van der Waals surface area contributed by atoms with Crippen molar-refractivity contribution in [3.8, 4) is 0 Å². The predicted molar refractivity (Wildman–Crippen MR) is 34.0 cm³/mol. The normalized spacial score (nSPS) is 11.6. The Bertz CT molecular complexity index is 295. The minimum Gasteiger partial charge on any atom is -0.317 e. The molecular formula is C5H6F3N4+. The van der Waals surface area contributed by atoms with Gasteiger partial charge in [0.25, 0.3) is 0 Å². The third-order valence-electron chi connectivity index (χ3n) is 1.20. The van der Waals surface area contributed by atoms with Gasteiger partial charge in [0.1, 0.15) is 6.20 Å². The summed E-state index contributed by atoms with van der Waals surface area (Å²) in [4.78, 5) is 3.04. The molecule has 1 aromatic rings. The molecule has 0 amide bonds. The van der Waals surface area contributed by atoms with Crippen LogP contribution in [0.25, 0.3) is 0 Å². The first-order chi connectivity index (χ1) is 5.43. The second-order valence-corrected chi connectivity index (χ2v) is 2.06. The third-order valence-corrected chi connectivity index (χ3v) is 1.20.